The number of ether oxygens (including phenoxy) is 1. The first-order valence-electron chi connectivity index (χ1n) is 6.46. The molecule has 1 fully saturated rings. The van der Waals surface area contributed by atoms with Gasteiger partial charge in [-0.05, 0) is 0 Å². The molecule has 0 aromatic carbocycles. The van der Waals surface area contributed by atoms with E-state index in [1.807, 2.05) is 0 Å². The lowest BCUT2D eigenvalue weighted by molar-refractivity contribution is -0.139. The van der Waals surface area contributed by atoms with Crippen molar-refractivity contribution in [2.24, 2.45) is 0 Å². The van der Waals surface area contributed by atoms with E-state index in [1.54, 1.807) is 14.1 Å². The number of urea groups is 1. The van der Waals surface area contributed by atoms with Crippen LogP contribution in [0.5, 0.6) is 0 Å². The largest absolute Gasteiger partial charge is 0.481 e. The molecule has 1 rings (SSSR count). The molecule has 1 saturated heterocycles. The van der Waals surface area contributed by atoms with Crippen LogP contribution in [0.2, 0.25) is 0 Å². The Morgan fingerprint density at radius 2 is 2.10 bits per heavy atom. The quantitative estimate of drug-likeness (QED) is 0.700. The summed E-state index contributed by atoms with van der Waals surface area (Å²) in [6, 6.07) is -0.822. The van der Waals surface area contributed by atoms with Gasteiger partial charge in [-0.25, -0.2) is 4.79 Å². The number of hydrogen-bond acceptors (Lipinski definition) is 4. The summed E-state index contributed by atoms with van der Waals surface area (Å²) in [5.41, 5.74) is 0. The molecule has 0 aliphatic carbocycles. The summed E-state index contributed by atoms with van der Waals surface area (Å²) in [6.45, 7) is 1.19. The zero-order valence-corrected chi connectivity index (χ0v) is 11.8. The van der Waals surface area contributed by atoms with Crippen molar-refractivity contribution in [3.05, 3.63) is 0 Å². The van der Waals surface area contributed by atoms with Crippen LogP contribution in [0.15, 0.2) is 0 Å². The van der Waals surface area contributed by atoms with E-state index in [1.165, 1.54) is 9.80 Å². The van der Waals surface area contributed by atoms with Gasteiger partial charge in [-0.2, -0.15) is 0 Å². The highest BCUT2D eigenvalue weighted by Crippen LogP contribution is 2.10. The molecule has 0 spiro atoms. The molecule has 1 atom stereocenters. The number of aliphatic carboxylic acids is 1. The third-order valence-corrected chi connectivity index (χ3v) is 3.01. The van der Waals surface area contributed by atoms with Crippen molar-refractivity contribution >= 4 is 17.9 Å². The van der Waals surface area contributed by atoms with Gasteiger partial charge in [-0.3, -0.25) is 9.59 Å². The number of nitrogens with zero attached hydrogens (tertiary/aromatic N) is 2. The second-order valence-electron chi connectivity index (χ2n) is 4.79. The smallest absolute Gasteiger partial charge is 0.317 e. The van der Waals surface area contributed by atoms with Crippen molar-refractivity contribution in [1.29, 1.82) is 0 Å². The summed E-state index contributed by atoms with van der Waals surface area (Å²) in [5, 5.41) is 11.4. The van der Waals surface area contributed by atoms with E-state index in [2.05, 4.69) is 5.32 Å². The Kier molecular flexibility index (Phi) is 6.23. The molecule has 1 aliphatic heterocycles. The topological polar surface area (TPSA) is 99.2 Å². The summed E-state index contributed by atoms with van der Waals surface area (Å²) >= 11 is 0. The number of hydrogen-bond donors (Lipinski definition) is 2. The third kappa shape index (κ3) is 5.04. The molecule has 0 bridgehead atoms. The first-order valence-corrected chi connectivity index (χ1v) is 6.46. The van der Waals surface area contributed by atoms with Gasteiger partial charge in [0.15, 0.2) is 0 Å². The first-order chi connectivity index (χ1) is 9.41. The maximum atomic E-state index is 12.0. The van der Waals surface area contributed by atoms with Gasteiger partial charge in [0.1, 0.15) is 0 Å². The molecule has 0 aromatic rings. The van der Waals surface area contributed by atoms with Crippen molar-refractivity contribution in [3.8, 4) is 0 Å². The molecule has 2 N–H and O–H groups in total. The molecule has 20 heavy (non-hydrogen) atoms. The van der Waals surface area contributed by atoms with Gasteiger partial charge >= 0.3 is 12.0 Å². The Hall–Kier alpha value is -1.83. The molecule has 1 aliphatic rings. The van der Waals surface area contributed by atoms with Gasteiger partial charge in [0.2, 0.25) is 5.91 Å². The van der Waals surface area contributed by atoms with Gasteiger partial charge in [0, 0.05) is 33.6 Å². The molecular weight excluding hydrogens is 266 g/mol. The van der Waals surface area contributed by atoms with Gasteiger partial charge in [0.25, 0.3) is 0 Å². The van der Waals surface area contributed by atoms with Gasteiger partial charge in [0.05, 0.1) is 25.7 Å². The van der Waals surface area contributed by atoms with Crippen molar-refractivity contribution < 1.29 is 24.2 Å². The SMILES string of the molecule is CN(C)C(=O)CCNC(=O)N1CCOCC1CC(=O)O. The molecule has 1 unspecified atom stereocenters. The fraction of sp³-hybridized carbons (Fsp3) is 0.750. The van der Waals surface area contributed by atoms with Crippen LogP contribution >= 0.6 is 0 Å². The van der Waals surface area contributed by atoms with Crippen LogP contribution in [0.25, 0.3) is 0 Å². The number of amides is 3. The maximum Gasteiger partial charge on any atom is 0.317 e. The lowest BCUT2D eigenvalue weighted by atomic mass is 10.1. The lowest BCUT2D eigenvalue weighted by Crippen LogP contribution is -2.53. The average Bonchev–Trinajstić information content (AvgIpc) is 2.38. The van der Waals surface area contributed by atoms with E-state index < -0.39 is 12.0 Å². The fourth-order valence-corrected chi connectivity index (χ4v) is 1.89. The molecule has 8 nitrogen and oxygen atoms in total. The van der Waals surface area contributed by atoms with Crippen molar-refractivity contribution in [2.75, 3.05) is 40.4 Å². The van der Waals surface area contributed by atoms with Crippen LogP contribution < -0.4 is 5.32 Å². The second-order valence-corrected chi connectivity index (χ2v) is 4.79. The Labute approximate surface area is 117 Å². The number of carbonyl (C=O) groups is 3. The highest BCUT2D eigenvalue weighted by Gasteiger charge is 2.28. The van der Waals surface area contributed by atoms with Gasteiger partial charge < -0.3 is 25.0 Å². The van der Waals surface area contributed by atoms with Crippen molar-refractivity contribution in [3.63, 3.8) is 0 Å². The van der Waals surface area contributed by atoms with E-state index in [9.17, 15) is 14.4 Å². The predicted molar refractivity (Wildman–Crippen MR) is 70.3 cm³/mol. The molecule has 0 radical (unpaired) electrons. The summed E-state index contributed by atoms with van der Waals surface area (Å²) in [6.07, 6.45) is 0.0662. The number of nitrogens with one attached hydrogen (secondary N) is 1. The minimum atomic E-state index is -0.971. The Morgan fingerprint density at radius 1 is 1.40 bits per heavy atom. The molecule has 3 amide bonds. The van der Waals surface area contributed by atoms with Gasteiger partial charge in [-0.1, -0.05) is 0 Å². The van der Waals surface area contributed by atoms with E-state index in [4.69, 9.17) is 9.84 Å². The maximum absolute atomic E-state index is 12.0. The minimum Gasteiger partial charge on any atom is -0.481 e. The number of rotatable bonds is 5. The first kappa shape index (κ1) is 16.2. The summed E-state index contributed by atoms with van der Waals surface area (Å²) in [5.74, 6) is -1.05. The molecule has 0 aromatic heterocycles. The standard InChI is InChI=1S/C12H21N3O5/c1-14(2)10(16)3-4-13-12(19)15-5-6-20-8-9(15)7-11(17)18/h9H,3-8H2,1-2H3,(H,13,19)(H,17,18). The van der Waals surface area contributed by atoms with Crippen LogP contribution in [0, 0.1) is 0 Å². The molecule has 8 heteroatoms. The predicted octanol–water partition coefficient (Wildman–Crippen LogP) is -0.650. The van der Waals surface area contributed by atoms with E-state index >= 15 is 0 Å². The number of carbonyl (C=O) groups excluding carboxylic acids is 2. The average molecular weight is 287 g/mol. The number of morpholine rings is 1. The molecule has 1 heterocycles. The Bertz CT molecular complexity index is 372. The highest BCUT2D eigenvalue weighted by atomic mass is 16.5. The third-order valence-electron chi connectivity index (χ3n) is 3.01. The summed E-state index contributed by atoms with van der Waals surface area (Å²) in [7, 11) is 3.30. The van der Waals surface area contributed by atoms with Crippen molar-refractivity contribution in [2.45, 2.75) is 18.9 Å². The minimum absolute atomic E-state index is 0.0747. The van der Waals surface area contributed by atoms with Crippen LogP contribution in [0.1, 0.15) is 12.8 Å². The fourth-order valence-electron chi connectivity index (χ4n) is 1.89. The number of carboxylic acids is 1. The van der Waals surface area contributed by atoms with Crippen LogP contribution in [-0.4, -0.2) is 79.3 Å². The zero-order chi connectivity index (χ0) is 15.1. The normalized spacial score (nSPS) is 18.5. The van der Waals surface area contributed by atoms with Crippen molar-refractivity contribution in [1.82, 2.24) is 15.1 Å². The summed E-state index contributed by atoms with van der Waals surface area (Å²) < 4.78 is 5.19. The zero-order valence-electron chi connectivity index (χ0n) is 11.8. The Balaban J connectivity index is 2.43. The van der Waals surface area contributed by atoms with E-state index in [0.717, 1.165) is 0 Å². The van der Waals surface area contributed by atoms with E-state index in [0.29, 0.717) is 13.2 Å². The van der Waals surface area contributed by atoms with Gasteiger partial charge in [-0.15, -0.1) is 0 Å². The summed E-state index contributed by atoms with van der Waals surface area (Å²) in [4.78, 5) is 37.0. The molecular formula is C12H21N3O5. The highest BCUT2D eigenvalue weighted by molar-refractivity contribution is 5.78. The Morgan fingerprint density at radius 3 is 2.70 bits per heavy atom. The monoisotopic (exact) mass is 287 g/mol. The van der Waals surface area contributed by atoms with Crippen LogP contribution in [0.4, 0.5) is 4.79 Å². The molecule has 0 saturated carbocycles. The number of carboxylic acid groups (broad SMARTS) is 1. The molecule has 114 valence electrons. The van der Waals surface area contributed by atoms with Crippen LogP contribution in [0.3, 0.4) is 0 Å². The lowest BCUT2D eigenvalue weighted by Gasteiger charge is -2.34. The van der Waals surface area contributed by atoms with Crippen LogP contribution in [-0.2, 0) is 14.3 Å². The van der Waals surface area contributed by atoms with E-state index in [-0.39, 0.29) is 37.9 Å². The second kappa shape index (κ2) is 7.68.